The van der Waals surface area contributed by atoms with E-state index in [4.69, 9.17) is 11.6 Å². The summed E-state index contributed by atoms with van der Waals surface area (Å²) >= 11 is 5.89. The molecule has 1 aromatic rings. The summed E-state index contributed by atoms with van der Waals surface area (Å²) in [7, 11) is 2.89. The first-order valence-corrected chi connectivity index (χ1v) is 6.18. The van der Waals surface area contributed by atoms with Gasteiger partial charge < -0.3 is 15.0 Å². The largest absolute Gasteiger partial charge is 0.465 e. The van der Waals surface area contributed by atoms with Crippen LogP contribution in [0.2, 0.25) is 5.15 Å². The second-order valence-corrected chi connectivity index (χ2v) is 4.53. The summed E-state index contributed by atoms with van der Waals surface area (Å²) in [6, 6.07) is 2.75. The maximum Gasteiger partial charge on any atom is 0.338 e. The molecule has 0 saturated carbocycles. The first-order valence-electron chi connectivity index (χ1n) is 5.81. The number of anilines is 1. The Morgan fingerprint density at radius 3 is 2.79 bits per heavy atom. The molecular weight excluding hydrogens is 270 g/mol. The third-order valence-electron chi connectivity index (χ3n) is 3.06. The van der Waals surface area contributed by atoms with Gasteiger partial charge in [0, 0.05) is 13.6 Å². The van der Waals surface area contributed by atoms with Crippen molar-refractivity contribution in [3.63, 3.8) is 0 Å². The van der Waals surface area contributed by atoms with Gasteiger partial charge in [-0.05, 0) is 18.6 Å². The van der Waals surface area contributed by atoms with Gasteiger partial charge in [-0.2, -0.15) is 0 Å². The molecule has 1 fully saturated rings. The van der Waals surface area contributed by atoms with Gasteiger partial charge in [0.2, 0.25) is 5.91 Å². The zero-order chi connectivity index (χ0) is 14.0. The minimum absolute atomic E-state index is 0.0763. The number of amides is 1. The maximum absolute atomic E-state index is 11.6. The molecule has 6 nitrogen and oxygen atoms in total. The Kier molecular flexibility index (Phi) is 3.90. The van der Waals surface area contributed by atoms with Gasteiger partial charge in [-0.15, -0.1) is 0 Å². The summed E-state index contributed by atoms with van der Waals surface area (Å²) in [5, 5.41) is 2.79. The van der Waals surface area contributed by atoms with Crippen LogP contribution >= 0.6 is 11.6 Å². The molecule has 0 aromatic carbocycles. The predicted octanol–water partition coefficient (Wildman–Crippen LogP) is 0.846. The fraction of sp³-hybridized carbons (Fsp3) is 0.417. The Bertz CT molecular complexity index is 521. The number of nitrogens with zero attached hydrogens (tertiary/aromatic N) is 2. The lowest BCUT2D eigenvalue weighted by Gasteiger charge is -2.40. The number of ether oxygens (including phenoxy) is 1. The smallest absolute Gasteiger partial charge is 0.338 e. The Labute approximate surface area is 115 Å². The molecule has 7 heteroatoms. The van der Waals surface area contributed by atoms with E-state index >= 15 is 0 Å². The lowest BCUT2D eigenvalue weighted by Crippen LogP contribution is -2.56. The van der Waals surface area contributed by atoms with Crippen LogP contribution in [-0.4, -0.2) is 43.6 Å². The second-order valence-electron chi connectivity index (χ2n) is 4.14. The summed E-state index contributed by atoms with van der Waals surface area (Å²) in [6.45, 7) is 0.700. The second kappa shape index (κ2) is 5.44. The van der Waals surface area contributed by atoms with E-state index in [-0.39, 0.29) is 17.1 Å². The topological polar surface area (TPSA) is 71.5 Å². The molecule has 0 spiro atoms. The number of rotatable bonds is 3. The SMILES string of the molecule is CNC(=O)[C@@H]1CCN1c1cc(C(=O)OC)cc(Cl)n1. The van der Waals surface area contributed by atoms with Crippen molar-refractivity contribution in [3.8, 4) is 0 Å². The van der Waals surface area contributed by atoms with Crippen LogP contribution in [0.4, 0.5) is 5.82 Å². The van der Waals surface area contributed by atoms with Gasteiger partial charge in [0.1, 0.15) is 17.0 Å². The first-order chi connectivity index (χ1) is 9.06. The molecule has 102 valence electrons. The number of hydrogen-bond donors (Lipinski definition) is 1. The molecule has 0 bridgehead atoms. The molecule has 1 amide bonds. The zero-order valence-corrected chi connectivity index (χ0v) is 11.4. The van der Waals surface area contributed by atoms with Gasteiger partial charge in [0.25, 0.3) is 0 Å². The Morgan fingerprint density at radius 2 is 2.26 bits per heavy atom. The number of methoxy groups -OCH3 is 1. The first kappa shape index (κ1) is 13.6. The van der Waals surface area contributed by atoms with Crippen LogP contribution in [0.25, 0.3) is 0 Å². The molecule has 0 unspecified atom stereocenters. The van der Waals surface area contributed by atoms with Gasteiger partial charge in [-0.3, -0.25) is 4.79 Å². The van der Waals surface area contributed by atoms with E-state index in [0.29, 0.717) is 17.9 Å². The van der Waals surface area contributed by atoms with E-state index in [0.717, 1.165) is 6.42 Å². The molecule has 1 aromatic heterocycles. The quantitative estimate of drug-likeness (QED) is 0.658. The molecule has 1 aliphatic rings. The summed E-state index contributed by atoms with van der Waals surface area (Å²) in [6.07, 6.45) is 0.751. The van der Waals surface area contributed by atoms with Crippen molar-refractivity contribution in [1.29, 1.82) is 0 Å². The number of pyridine rings is 1. The Morgan fingerprint density at radius 1 is 1.53 bits per heavy atom. The number of halogens is 1. The molecule has 19 heavy (non-hydrogen) atoms. The average Bonchev–Trinajstić information content (AvgIpc) is 2.35. The fourth-order valence-corrected chi connectivity index (χ4v) is 2.17. The van der Waals surface area contributed by atoms with E-state index in [1.165, 1.54) is 13.2 Å². The standard InChI is InChI=1S/C12H14ClN3O3/c1-14-11(17)8-3-4-16(8)10-6-7(12(18)19-2)5-9(13)15-10/h5-6,8H,3-4H2,1-2H3,(H,14,17)/t8-/m0/s1. The highest BCUT2D eigenvalue weighted by atomic mass is 35.5. The lowest BCUT2D eigenvalue weighted by atomic mass is 10.0. The van der Waals surface area contributed by atoms with Gasteiger partial charge in [0.15, 0.2) is 0 Å². The fourth-order valence-electron chi connectivity index (χ4n) is 1.97. The van der Waals surface area contributed by atoms with E-state index in [1.807, 2.05) is 0 Å². The molecule has 1 atom stereocenters. The molecular formula is C12H14ClN3O3. The van der Waals surface area contributed by atoms with Gasteiger partial charge >= 0.3 is 5.97 Å². The van der Waals surface area contributed by atoms with Crippen LogP contribution in [0.1, 0.15) is 16.8 Å². The number of carbonyl (C=O) groups is 2. The Balaban J connectivity index is 2.28. The van der Waals surface area contributed by atoms with Gasteiger partial charge in [-0.1, -0.05) is 11.6 Å². The van der Waals surface area contributed by atoms with Crippen molar-refractivity contribution >= 4 is 29.3 Å². The van der Waals surface area contributed by atoms with E-state index in [2.05, 4.69) is 15.0 Å². The third-order valence-corrected chi connectivity index (χ3v) is 3.26. The van der Waals surface area contributed by atoms with E-state index in [1.54, 1.807) is 18.0 Å². The number of carbonyl (C=O) groups excluding carboxylic acids is 2. The van der Waals surface area contributed by atoms with E-state index < -0.39 is 5.97 Å². The number of aromatic nitrogens is 1. The summed E-state index contributed by atoms with van der Waals surface area (Å²) in [4.78, 5) is 29.1. The molecule has 1 aliphatic heterocycles. The number of likely N-dealkylation sites (N-methyl/N-ethyl adjacent to an activating group) is 1. The average molecular weight is 284 g/mol. The number of esters is 1. The third kappa shape index (κ3) is 2.63. The van der Waals surface area contributed by atoms with Crippen LogP contribution in [-0.2, 0) is 9.53 Å². The normalized spacial score (nSPS) is 17.6. The van der Waals surface area contributed by atoms with Crippen LogP contribution < -0.4 is 10.2 Å². The molecule has 2 rings (SSSR count). The predicted molar refractivity (Wildman–Crippen MR) is 70.4 cm³/mol. The monoisotopic (exact) mass is 283 g/mol. The highest BCUT2D eigenvalue weighted by Gasteiger charge is 2.34. The van der Waals surface area contributed by atoms with Crippen LogP contribution in [0.3, 0.4) is 0 Å². The van der Waals surface area contributed by atoms with Crippen LogP contribution in [0, 0.1) is 0 Å². The minimum atomic E-state index is -0.484. The van der Waals surface area contributed by atoms with Crippen molar-refractivity contribution in [2.24, 2.45) is 0 Å². The maximum atomic E-state index is 11.6. The van der Waals surface area contributed by atoms with E-state index in [9.17, 15) is 9.59 Å². The molecule has 1 saturated heterocycles. The van der Waals surface area contributed by atoms with Crippen molar-refractivity contribution in [1.82, 2.24) is 10.3 Å². The summed E-state index contributed by atoms with van der Waals surface area (Å²) in [5.74, 6) is -0.0528. The molecule has 1 N–H and O–H groups in total. The van der Waals surface area contributed by atoms with Crippen LogP contribution in [0.5, 0.6) is 0 Å². The molecule has 2 heterocycles. The Hall–Kier alpha value is -1.82. The van der Waals surface area contributed by atoms with Crippen molar-refractivity contribution in [2.75, 3.05) is 25.6 Å². The highest BCUT2D eigenvalue weighted by Crippen LogP contribution is 2.27. The molecule has 0 radical (unpaired) electrons. The number of nitrogens with one attached hydrogen (secondary N) is 1. The van der Waals surface area contributed by atoms with Crippen molar-refractivity contribution < 1.29 is 14.3 Å². The number of hydrogen-bond acceptors (Lipinski definition) is 5. The van der Waals surface area contributed by atoms with Crippen molar-refractivity contribution in [2.45, 2.75) is 12.5 Å². The minimum Gasteiger partial charge on any atom is -0.465 e. The van der Waals surface area contributed by atoms with Crippen molar-refractivity contribution in [3.05, 3.63) is 22.8 Å². The highest BCUT2D eigenvalue weighted by molar-refractivity contribution is 6.29. The lowest BCUT2D eigenvalue weighted by molar-refractivity contribution is -0.123. The summed E-state index contributed by atoms with van der Waals surface area (Å²) < 4.78 is 4.65. The molecule has 0 aliphatic carbocycles. The van der Waals surface area contributed by atoms with Gasteiger partial charge in [-0.25, -0.2) is 9.78 Å². The summed E-state index contributed by atoms with van der Waals surface area (Å²) in [5.41, 5.74) is 0.319. The zero-order valence-electron chi connectivity index (χ0n) is 10.6. The van der Waals surface area contributed by atoms with Crippen LogP contribution in [0.15, 0.2) is 12.1 Å². The van der Waals surface area contributed by atoms with Gasteiger partial charge in [0.05, 0.1) is 12.7 Å².